The lowest BCUT2D eigenvalue weighted by Gasteiger charge is -2.34. The molecule has 11 aromatic carbocycles. The van der Waals surface area contributed by atoms with E-state index < -0.39 is 5.41 Å². The second-order valence-electron chi connectivity index (χ2n) is 16.1. The molecule has 1 aliphatic carbocycles. The molecule has 0 nitrogen and oxygen atoms in total. The predicted octanol–water partition coefficient (Wildman–Crippen LogP) is 15.7. The monoisotopic (exact) mass is 746 g/mol. The minimum absolute atomic E-state index is 0.530. The van der Waals surface area contributed by atoms with Crippen molar-refractivity contribution in [1.29, 1.82) is 0 Å². The van der Waals surface area contributed by atoms with Crippen LogP contribution >= 0.6 is 0 Å². The first-order valence-electron chi connectivity index (χ1n) is 20.6. The van der Waals surface area contributed by atoms with Gasteiger partial charge in [-0.05, 0) is 158 Å². The maximum absolute atomic E-state index is 2.50. The summed E-state index contributed by atoms with van der Waals surface area (Å²) in [6, 6.07) is 85.8. The molecule has 1 aliphatic rings. The van der Waals surface area contributed by atoms with Crippen molar-refractivity contribution in [3.05, 3.63) is 253 Å². The Kier molecular flexibility index (Phi) is 7.55. The summed E-state index contributed by atoms with van der Waals surface area (Å²) < 4.78 is 0. The molecule has 0 unspecified atom stereocenters. The molecule has 0 amide bonds. The molecule has 0 heterocycles. The highest BCUT2D eigenvalue weighted by Crippen LogP contribution is 2.57. The summed E-state index contributed by atoms with van der Waals surface area (Å²) in [5.41, 5.74) is 14.6. The number of fused-ring (bicyclic) bond motifs is 2. The van der Waals surface area contributed by atoms with Gasteiger partial charge in [-0.2, -0.15) is 0 Å². The van der Waals surface area contributed by atoms with Gasteiger partial charge in [0.25, 0.3) is 0 Å². The summed E-state index contributed by atoms with van der Waals surface area (Å²) in [5, 5.41) is 10.2. The number of hydrogen-bond donors (Lipinski definition) is 0. The molecular formula is C59H38. The van der Waals surface area contributed by atoms with Crippen LogP contribution < -0.4 is 0 Å². The zero-order chi connectivity index (χ0) is 38.9. The highest BCUT2D eigenvalue weighted by Gasteiger charge is 2.45. The molecule has 0 atom stereocenters. The zero-order valence-corrected chi connectivity index (χ0v) is 32.4. The SMILES string of the molecule is c1ccc(-c2ccc3cc(-c4cc5c6c(ccc7cc(-c8ccc9cc(-c%10ccccc%10)ccc9c8)cc(c76)C5(c5ccccc5)c5ccccc5)c4)ccc3c2)cc1. The Labute approximate surface area is 344 Å². The fourth-order valence-electron chi connectivity index (χ4n) is 10.0. The summed E-state index contributed by atoms with van der Waals surface area (Å²) in [4.78, 5) is 0. The molecule has 0 heteroatoms. The van der Waals surface area contributed by atoms with Gasteiger partial charge >= 0.3 is 0 Å². The summed E-state index contributed by atoms with van der Waals surface area (Å²) in [6.45, 7) is 0. The molecule has 0 N–H and O–H groups in total. The van der Waals surface area contributed by atoms with Crippen molar-refractivity contribution in [3.63, 3.8) is 0 Å². The van der Waals surface area contributed by atoms with Crippen LogP contribution in [0.4, 0.5) is 0 Å². The average molecular weight is 747 g/mol. The predicted molar refractivity (Wildman–Crippen MR) is 250 cm³/mol. The summed E-state index contributed by atoms with van der Waals surface area (Å²) in [6.07, 6.45) is 0. The summed E-state index contributed by atoms with van der Waals surface area (Å²) in [7, 11) is 0. The standard InChI is InChI=1S/C59H38/c1-5-13-39(14-6-1)41-21-23-45-33-47(27-25-43(45)31-41)51-35-49-29-30-50-36-52(48-28-26-44-32-42(22-24-46(44)34-48)40-15-7-2-8-16-40)38-56-58(50)57(49)55(37-51)59(56,53-17-9-3-10-18-53)54-19-11-4-12-20-54/h1-38H. The first kappa shape index (κ1) is 33.6. The maximum atomic E-state index is 2.50. The smallest absolute Gasteiger partial charge is 0.0622 e. The van der Waals surface area contributed by atoms with E-state index in [1.165, 1.54) is 110 Å². The van der Waals surface area contributed by atoms with E-state index in [0.29, 0.717) is 0 Å². The molecule has 0 aromatic heterocycles. The highest BCUT2D eigenvalue weighted by molar-refractivity contribution is 6.18. The second kappa shape index (κ2) is 13.3. The minimum atomic E-state index is -0.530. The van der Waals surface area contributed by atoms with Gasteiger partial charge in [0, 0.05) is 0 Å². The van der Waals surface area contributed by atoms with E-state index in [-0.39, 0.29) is 0 Å². The Morgan fingerprint density at radius 3 is 0.847 bits per heavy atom. The molecule has 12 rings (SSSR count). The van der Waals surface area contributed by atoms with E-state index in [2.05, 4.69) is 231 Å². The van der Waals surface area contributed by atoms with Crippen LogP contribution in [0.2, 0.25) is 0 Å². The first-order valence-corrected chi connectivity index (χ1v) is 20.6. The topological polar surface area (TPSA) is 0 Å². The Balaban J connectivity index is 1.06. The molecule has 0 fully saturated rings. The Morgan fingerprint density at radius 2 is 0.492 bits per heavy atom. The fourth-order valence-corrected chi connectivity index (χ4v) is 10.0. The lowest BCUT2D eigenvalue weighted by atomic mass is 9.66. The fraction of sp³-hybridized carbons (Fsp3) is 0.0169. The van der Waals surface area contributed by atoms with Gasteiger partial charge in [0.15, 0.2) is 0 Å². The van der Waals surface area contributed by atoms with Gasteiger partial charge in [0.05, 0.1) is 5.41 Å². The minimum Gasteiger partial charge on any atom is -0.0622 e. The average Bonchev–Trinajstić information content (AvgIpc) is 3.62. The lowest BCUT2D eigenvalue weighted by Crippen LogP contribution is -2.28. The van der Waals surface area contributed by atoms with Crippen molar-refractivity contribution < 1.29 is 0 Å². The Bertz CT molecular complexity index is 3170. The van der Waals surface area contributed by atoms with E-state index >= 15 is 0 Å². The normalized spacial score (nSPS) is 12.9. The third-order valence-corrected chi connectivity index (χ3v) is 12.8. The van der Waals surface area contributed by atoms with Gasteiger partial charge < -0.3 is 0 Å². The zero-order valence-electron chi connectivity index (χ0n) is 32.4. The molecule has 0 bridgehead atoms. The molecular weight excluding hydrogens is 709 g/mol. The molecule has 0 spiro atoms. The van der Waals surface area contributed by atoms with E-state index in [9.17, 15) is 0 Å². The van der Waals surface area contributed by atoms with Gasteiger partial charge in [0.2, 0.25) is 0 Å². The van der Waals surface area contributed by atoms with Crippen molar-refractivity contribution in [1.82, 2.24) is 0 Å². The van der Waals surface area contributed by atoms with Crippen LogP contribution in [0, 0.1) is 0 Å². The van der Waals surface area contributed by atoms with Crippen molar-refractivity contribution in [2.45, 2.75) is 5.41 Å². The van der Waals surface area contributed by atoms with Crippen LogP contribution in [0.5, 0.6) is 0 Å². The third-order valence-electron chi connectivity index (χ3n) is 12.8. The Morgan fingerprint density at radius 1 is 0.203 bits per heavy atom. The van der Waals surface area contributed by atoms with Gasteiger partial charge in [-0.15, -0.1) is 0 Å². The maximum Gasteiger partial charge on any atom is 0.0714 e. The Hall–Kier alpha value is -7.54. The molecule has 0 saturated heterocycles. The van der Waals surface area contributed by atoms with Crippen LogP contribution in [0.15, 0.2) is 231 Å². The second-order valence-corrected chi connectivity index (χ2v) is 16.1. The molecule has 274 valence electrons. The number of rotatable bonds is 6. The third kappa shape index (κ3) is 5.30. The van der Waals surface area contributed by atoms with Crippen molar-refractivity contribution in [3.8, 4) is 44.5 Å². The summed E-state index contributed by atoms with van der Waals surface area (Å²) in [5.74, 6) is 0. The van der Waals surface area contributed by atoms with Gasteiger partial charge in [0.1, 0.15) is 0 Å². The summed E-state index contributed by atoms with van der Waals surface area (Å²) >= 11 is 0. The van der Waals surface area contributed by atoms with Gasteiger partial charge in [-0.25, -0.2) is 0 Å². The highest BCUT2D eigenvalue weighted by atomic mass is 14.5. The van der Waals surface area contributed by atoms with E-state index in [4.69, 9.17) is 0 Å². The largest absolute Gasteiger partial charge is 0.0714 e. The van der Waals surface area contributed by atoms with Crippen LogP contribution in [0.25, 0.3) is 87.6 Å². The molecule has 59 heavy (non-hydrogen) atoms. The number of hydrogen-bond acceptors (Lipinski definition) is 0. The molecule has 0 aliphatic heterocycles. The first-order chi connectivity index (χ1) is 29.2. The molecule has 0 radical (unpaired) electrons. The van der Waals surface area contributed by atoms with Crippen LogP contribution in [0.3, 0.4) is 0 Å². The van der Waals surface area contributed by atoms with Crippen molar-refractivity contribution in [2.24, 2.45) is 0 Å². The van der Waals surface area contributed by atoms with Gasteiger partial charge in [-0.1, -0.05) is 182 Å². The quantitative estimate of drug-likeness (QED) is 0.149. The van der Waals surface area contributed by atoms with Crippen LogP contribution in [0.1, 0.15) is 22.3 Å². The van der Waals surface area contributed by atoms with E-state index in [1.54, 1.807) is 0 Å². The van der Waals surface area contributed by atoms with E-state index in [0.717, 1.165) is 0 Å². The van der Waals surface area contributed by atoms with Crippen molar-refractivity contribution in [2.75, 3.05) is 0 Å². The van der Waals surface area contributed by atoms with Crippen molar-refractivity contribution >= 4 is 43.1 Å². The number of benzene rings is 11. The molecule has 0 saturated carbocycles. The van der Waals surface area contributed by atoms with Crippen LogP contribution in [-0.4, -0.2) is 0 Å². The van der Waals surface area contributed by atoms with Crippen LogP contribution in [-0.2, 0) is 5.41 Å². The van der Waals surface area contributed by atoms with Gasteiger partial charge in [-0.3, -0.25) is 0 Å². The lowest BCUT2D eigenvalue weighted by molar-refractivity contribution is 0.772. The van der Waals surface area contributed by atoms with E-state index in [1.807, 2.05) is 0 Å². The molecule has 11 aromatic rings.